The molecule has 82 valence electrons. The summed E-state index contributed by atoms with van der Waals surface area (Å²) >= 11 is 1.24. The Morgan fingerprint density at radius 3 is 2.62 bits per heavy atom. The van der Waals surface area contributed by atoms with Crippen LogP contribution < -0.4 is 16.2 Å². The Balaban J connectivity index is 2.44. The summed E-state index contributed by atoms with van der Waals surface area (Å²) in [7, 11) is 0. The molecular weight excluding hydrogens is 226 g/mol. The van der Waals surface area contributed by atoms with Crippen LogP contribution in [0.1, 0.15) is 0 Å². The van der Waals surface area contributed by atoms with Gasteiger partial charge in [-0.15, -0.1) is 0 Å². The maximum absolute atomic E-state index is 10.7. The van der Waals surface area contributed by atoms with E-state index in [9.17, 15) is 4.79 Å². The average molecular weight is 235 g/mol. The first-order valence-electron chi connectivity index (χ1n) is 4.46. The van der Waals surface area contributed by atoms with Gasteiger partial charge in [0.25, 0.3) is 0 Å². The number of primary amides is 1. The molecule has 5 nitrogen and oxygen atoms in total. The number of nitrogens with zero attached hydrogens (tertiary/aromatic N) is 1. The third-order valence-electron chi connectivity index (χ3n) is 1.85. The molecule has 0 saturated carbocycles. The third-order valence-corrected chi connectivity index (χ3v) is 2.76. The van der Waals surface area contributed by atoms with Gasteiger partial charge < -0.3 is 16.2 Å². The highest BCUT2D eigenvalue weighted by molar-refractivity contribution is 7.19. The normalized spacial score (nSPS) is 10.0. The molecular formula is C10H9N3O2S. The number of rotatable bonds is 2. The zero-order valence-electron chi connectivity index (χ0n) is 8.21. The van der Waals surface area contributed by atoms with Crippen molar-refractivity contribution in [3.05, 3.63) is 30.3 Å². The number of aromatic nitrogens is 1. The molecule has 0 fully saturated rings. The molecule has 0 bridgehead atoms. The molecule has 2 rings (SSSR count). The Morgan fingerprint density at radius 2 is 2.00 bits per heavy atom. The maximum atomic E-state index is 10.7. The molecule has 0 unspecified atom stereocenters. The van der Waals surface area contributed by atoms with Gasteiger partial charge in [-0.3, -0.25) is 0 Å². The van der Waals surface area contributed by atoms with Crippen LogP contribution in [0.25, 0.3) is 10.4 Å². The van der Waals surface area contributed by atoms with Crippen LogP contribution in [-0.4, -0.2) is 11.1 Å². The van der Waals surface area contributed by atoms with Crippen LogP contribution in [0.2, 0.25) is 0 Å². The van der Waals surface area contributed by atoms with Gasteiger partial charge in [0, 0.05) is 0 Å². The van der Waals surface area contributed by atoms with Gasteiger partial charge in [0.15, 0.2) is 5.13 Å². The summed E-state index contributed by atoms with van der Waals surface area (Å²) in [4.78, 5) is 15.3. The van der Waals surface area contributed by atoms with E-state index in [2.05, 4.69) is 4.98 Å². The van der Waals surface area contributed by atoms with E-state index in [0.29, 0.717) is 10.0 Å². The summed E-state index contributed by atoms with van der Waals surface area (Å²) in [5, 5.41) is 0.329. The zero-order chi connectivity index (χ0) is 11.5. The van der Waals surface area contributed by atoms with Crippen LogP contribution in [0.4, 0.5) is 9.93 Å². The number of benzene rings is 1. The van der Waals surface area contributed by atoms with Gasteiger partial charge >= 0.3 is 6.09 Å². The molecule has 0 atom stereocenters. The van der Waals surface area contributed by atoms with Crippen LogP contribution in [0.5, 0.6) is 5.88 Å². The first-order valence-corrected chi connectivity index (χ1v) is 5.27. The van der Waals surface area contributed by atoms with Gasteiger partial charge in [0.1, 0.15) is 4.88 Å². The second-order valence-electron chi connectivity index (χ2n) is 2.97. The Labute approximate surface area is 95.7 Å². The highest BCUT2D eigenvalue weighted by Gasteiger charge is 2.14. The lowest BCUT2D eigenvalue weighted by Gasteiger charge is -2.00. The zero-order valence-corrected chi connectivity index (χ0v) is 9.03. The minimum Gasteiger partial charge on any atom is -0.390 e. The van der Waals surface area contributed by atoms with Crippen LogP contribution in [0, 0.1) is 0 Å². The fourth-order valence-corrected chi connectivity index (χ4v) is 2.02. The molecule has 0 spiro atoms. The SMILES string of the molecule is NC(=O)Oc1nc(N)sc1-c1ccccc1. The van der Waals surface area contributed by atoms with Crippen molar-refractivity contribution in [3.63, 3.8) is 0 Å². The molecule has 0 aliphatic carbocycles. The fraction of sp³-hybridized carbons (Fsp3) is 0. The first kappa shape index (κ1) is 10.4. The van der Waals surface area contributed by atoms with E-state index >= 15 is 0 Å². The summed E-state index contributed by atoms with van der Waals surface area (Å²) in [5.41, 5.74) is 11.4. The van der Waals surface area contributed by atoms with Crippen LogP contribution >= 0.6 is 11.3 Å². The van der Waals surface area contributed by atoms with E-state index in [-0.39, 0.29) is 5.88 Å². The fourth-order valence-electron chi connectivity index (χ4n) is 1.26. The number of thiazole rings is 1. The van der Waals surface area contributed by atoms with Gasteiger partial charge in [-0.1, -0.05) is 41.7 Å². The number of carbonyl (C=O) groups is 1. The second kappa shape index (κ2) is 4.19. The predicted molar refractivity (Wildman–Crippen MR) is 62.2 cm³/mol. The lowest BCUT2D eigenvalue weighted by Crippen LogP contribution is -2.16. The monoisotopic (exact) mass is 235 g/mol. The molecule has 1 amide bonds. The van der Waals surface area contributed by atoms with Gasteiger partial charge in [0.2, 0.25) is 5.88 Å². The number of carbonyl (C=O) groups excluding carboxylic acids is 1. The van der Waals surface area contributed by atoms with Crippen molar-refractivity contribution in [3.8, 4) is 16.3 Å². The van der Waals surface area contributed by atoms with Gasteiger partial charge in [-0.2, -0.15) is 4.98 Å². The van der Waals surface area contributed by atoms with Crippen molar-refractivity contribution >= 4 is 22.6 Å². The summed E-state index contributed by atoms with van der Waals surface area (Å²) in [6.45, 7) is 0. The molecule has 2 aromatic rings. The van der Waals surface area contributed by atoms with Crippen LogP contribution in [-0.2, 0) is 0 Å². The number of nitrogen functional groups attached to an aromatic ring is 1. The summed E-state index contributed by atoms with van der Waals surface area (Å²) in [5.74, 6) is 0.154. The molecule has 1 aromatic carbocycles. The van der Waals surface area contributed by atoms with Crippen molar-refractivity contribution in [2.24, 2.45) is 5.73 Å². The van der Waals surface area contributed by atoms with Gasteiger partial charge in [-0.25, -0.2) is 4.79 Å². The Kier molecular flexibility index (Phi) is 2.74. The van der Waals surface area contributed by atoms with Gasteiger partial charge in [-0.05, 0) is 5.56 Å². The standard InChI is InChI=1S/C10H9N3O2S/c11-9-13-8(15-10(12)14)7(16-9)6-4-2-1-3-5-6/h1-5H,(H2,11,13)(H2,12,14). The lowest BCUT2D eigenvalue weighted by molar-refractivity contribution is 0.209. The Morgan fingerprint density at radius 1 is 1.31 bits per heavy atom. The molecule has 4 N–H and O–H groups in total. The average Bonchev–Trinajstić information content (AvgIpc) is 2.60. The molecule has 1 heterocycles. The van der Waals surface area contributed by atoms with E-state index in [4.69, 9.17) is 16.2 Å². The number of hydrogen-bond acceptors (Lipinski definition) is 5. The van der Waals surface area contributed by atoms with Crippen molar-refractivity contribution in [2.45, 2.75) is 0 Å². The smallest absolute Gasteiger partial charge is 0.390 e. The quantitative estimate of drug-likeness (QED) is 0.830. The van der Waals surface area contributed by atoms with E-state index in [0.717, 1.165) is 5.56 Å². The molecule has 0 aliphatic rings. The second-order valence-corrected chi connectivity index (χ2v) is 4.00. The van der Waals surface area contributed by atoms with E-state index in [1.165, 1.54) is 11.3 Å². The number of hydrogen-bond donors (Lipinski definition) is 2. The highest BCUT2D eigenvalue weighted by Crippen LogP contribution is 2.36. The number of amides is 1. The van der Waals surface area contributed by atoms with Crippen molar-refractivity contribution in [1.82, 2.24) is 4.98 Å². The highest BCUT2D eigenvalue weighted by atomic mass is 32.1. The van der Waals surface area contributed by atoms with Crippen molar-refractivity contribution in [1.29, 1.82) is 0 Å². The van der Waals surface area contributed by atoms with Crippen LogP contribution in [0.3, 0.4) is 0 Å². The largest absolute Gasteiger partial charge is 0.411 e. The molecule has 0 aliphatic heterocycles. The first-order chi connectivity index (χ1) is 7.66. The van der Waals surface area contributed by atoms with Gasteiger partial charge in [0.05, 0.1) is 0 Å². The molecule has 0 saturated heterocycles. The summed E-state index contributed by atoms with van der Waals surface area (Å²) in [6, 6.07) is 9.39. The molecule has 6 heteroatoms. The number of nitrogens with two attached hydrogens (primary N) is 2. The Hall–Kier alpha value is -2.08. The molecule has 1 aromatic heterocycles. The van der Waals surface area contributed by atoms with E-state index < -0.39 is 6.09 Å². The lowest BCUT2D eigenvalue weighted by atomic mass is 10.2. The minimum atomic E-state index is -0.900. The maximum Gasteiger partial charge on any atom is 0.411 e. The van der Waals surface area contributed by atoms with Crippen molar-refractivity contribution < 1.29 is 9.53 Å². The predicted octanol–water partition coefficient (Wildman–Crippen LogP) is 1.85. The third kappa shape index (κ3) is 2.12. The number of anilines is 1. The van der Waals surface area contributed by atoms with Crippen molar-refractivity contribution in [2.75, 3.05) is 5.73 Å². The van der Waals surface area contributed by atoms with E-state index in [1.807, 2.05) is 30.3 Å². The molecule has 16 heavy (non-hydrogen) atoms. The summed E-state index contributed by atoms with van der Waals surface area (Å²) < 4.78 is 4.78. The number of ether oxygens (including phenoxy) is 1. The summed E-state index contributed by atoms with van der Waals surface area (Å²) in [6.07, 6.45) is -0.900. The minimum absolute atomic E-state index is 0.154. The topological polar surface area (TPSA) is 91.2 Å². The Bertz CT molecular complexity index is 510. The molecule has 0 radical (unpaired) electrons. The van der Waals surface area contributed by atoms with Crippen LogP contribution in [0.15, 0.2) is 30.3 Å². The van der Waals surface area contributed by atoms with E-state index in [1.54, 1.807) is 0 Å².